The first-order chi connectivity index (χ1) is 7.85. The monoisotopic (exact) mass is 234 g/mol. The summed E-state index contributed by atoms with van der Waals surface area (Å²) in [5, 5.41) is 3.95. The van der Waals surface area contributed by atoms with E-state index in [-0.39, 0.29) is 0 Å². The van der Waals surface area contributed by atoms with Crippen molar-refractivity contribution >= 4 is 16.5 Å². The van der Waals surface area contributed by atoms with Crippen LogP contribution in [0.15, 0.2) is 30.5 Å². The molecule has 0 bridgehead atoms. The van der Waals surface area contributed by atoms with Crippen LogP contribution >= 0.6 is 11.3 Å². The highest BCUT2D eigenvalue weighted by molar-refractivity contribution is 7.18. The third kappa shape index (κ3) is 2.17. The number of anilines is 1. The highest BCUT2D eigenvalue weighted by Crippen LogP contribution is 2.35. The standard InChI is InChI=1S/C12H14N2OS/c1-3-15-10-7-5-4-6-9(10)11-8-14-12(13-2)16-11/h4-8H,3H2,1-2H3,(H,13,14). The van der Waals surface area contributed by atoms with Gasteiger partial charge >= 0.3 is 0 Å². The minimum absolute atomic E-state index is 0.675. The second-order valence-electron chi connectivity index (χ2n) is 3.21. The number of thiazole rings is 1. The Kier molecular flexibility index (Phi) is 3.41. The first-order valence-corrected chi connectivity index (χ1v) is 6.02. The lowest BCUT2D eigenvalue weighted by Crippen LogP contribution is -1.92. The van der Waals surface area contributed by atoms with E-state index in [4.69, 9.17) is 4.74 Å². The Morgan fingerprint density at radius 1 is 1.38 bits per heavy atom. The van der Waals surface area contributed by atoms with Crippen molar-refractivity contribution in [3.8, 4) is 16.2 Å². The average Bonchev–Trinajstić information content (AvgIpc) is 2.79. The van der Waals surface area contributed by atoms with Gasteiger partial charge in [-0.1, -0.05) is 23.5 Å². The Bertz CT molecular complexity index is 468. The maximum Gasteiger partial charge on any atom is 0.182 e. The molecule has 16 heavy (non-hydrogen) atoms. The number of nitrogens with one attached hydrogen (secondary N) is 1. The molecule has 0 saturated carbocycles. The molecule has 1 heterocycles. The quantitative estimate of drug-likeness (QED) is 0.881. The molecule has 3 nitrogen and oxygen atoms in total. The van der Waals surface area contributed by atoms with Gasteiger partial charge in [-0.15, -0.1) is 0 Å². The Morgan fingerprint density at radius 3 is 2.88 bits per heavy atom. The number of nitrogens with zero attached hydrogens (tertiary/aromatic N) is 1. The lowest BCUT2D eigenvalue weighted by Gasteiger charge is -2.07. The van der Waals surface area contributed by atoms with Gasteiger partial charge in [0.25, 0.3) is 0 Å². The molecule has 1 N–H and O–H groups in total. The molecule has 2 rings (SSSR count). The average molecular weight is 234 g/mol. The zero-order valence-electron chi connectivity index (χ0n) is 9.36. The van der Waals surface area contributed by atoms with Gasteiger partial charge in [-0.25, -0.2) is 4.98 Å². The van der Waals surface area contributed by atoms with Crippen LogP contribution in [0.2, 0.25) is 0 Å². The van der Waals surface area contributed by atoms with Gasteiger partial charge in [0.1, 0.15) is 5.75 Å². The second kappa shape index (κ2) is 4.99. The fourth-order valence-electron chi connectivity index (χ4n) is 1.47. The Labute approximate surface area is 99.1 Å². The molecule has 0 atom stereocenters. The van der Waals surface area contributed by atoms with E-state index in [1.807, 2.05) is 38.4 Å². The highest BCUT2D eigenvalue weighted by atomic mass is 32.1. The predicted molar refractivity (Wildman–Crippen MR) is 68.3 cm³/mol. The molecule has 2 aromatic rings. The highest BCUT2D eigenvalue weighted by Gasteiger charge is 2.08. The number of rotatable bonds is 4. The third-order valence-corrected chi connectivity index (χ3v) is 3.22. The van der Waals surface area contributed by atoms with Crippen LogP contribution in [0.5, 0.6) is 5.75 Å². The van der Waals surface area contributed by atoms with Gasteiger partial charge < -0.3 is 10.1 Å². The maximum atomic E-state index is 5.59. The van der Waals surface area contributed by atoms with Crippen molar-refractivity contribution in [2.24, 2.45) is 0 Å². The molecule has 0 radical (unpaired) electrons. The first-order valence-electron chi connectivity index (χ1n) is 5.21. The van der Waals surface area contributed by atoms with Crippen molar-refractivity contribution in [2.45, 2.75) is 6.92 Å². The van der Waals surface area contributed by atoms with Crippen LogP contribution in [0.1, 0.15) is 6.92 Å². The lowest BCUT2D eigenvalue weighted by molar-refractivity contribution is 0.341. The Hall–Kier alpha value is -1.55. The van der Waals surface area contributed by atoms with E-state index in [2.05, 4.69) is 16.4 Å². The molecule has 84 valence electrons. The summed E-state index contributed by atoms with van der Waals surface area (Å²) >= 11 is 1.62. The summed E-state index contributed by atoms with van der Waals surface area (Å²) in [5.74, 6) is 0.913. The number of hydrogen-bond donors (Lipinski definition) is 1. The molecular formula is C12H14N2OS. The molecule has 0 aliphatic heterocycles. The van der Waals surface area contributed by atoms with Crippen LogP contribution < -0.4 is 10.1 Å². The van der Waals surface area contributed by atoms with E-state index in [9.17, 15) is 0 Å². The molecule has 0 spiro atoms. The van der Waals surface area contributed by atoms with E-state index < -0.39 is 0 Å². The molecule has 0 amide bonds. The van der Waals surface area contributed by atoms with Gasteiger partial charge in [-0.3, -0.25) is 0 Å². The summed E-state index contributed by atoms with van der Waals surface area (Å²) in [6.45, 7) is 2.66. The predicted octanol–water partition coefficient (Wildman–Crippen LogP) is 3.25. The van der Waals surface area contributed by atoms with Gasteiger partial charge in [-0.05, 0) is 19.1 Å². The number of ether oxygens (including phenoxy) is 1. The van der Waals surface area contributed by atoms with E-state index in [1.54, 1.807) is 11.3 Å². The molecule has 0 saturated heterocycles. The second-order valence-corrected chi connectivity index (χ2v) is 4.24. The summed E-state index contributed by atoms with van der Waals surface area (Å²) in [5.41, 5.74) is 1.10. The van der Waals surface area contributed by atoms with Crippen molar-refractivity contribution in [3.63, 3.8) is 0 Å². The normalized spacial score (nSPS) is 10.1. The topological polar surface area (TPSA) is 34.1 Å². The summed E-state index contributed by atoms with van der Waals surface area (Å²) in [6, 6.07) is 8.03. The van der Waals surface area contributed by atoms with Gasteiger partial charge in [0, 0.05) is 18.8 Å². The van der Waals surface area contributed by atoms with Crippen LogP contribution in [0.3, 0.4) is 0 Å². The van der Waals surface area contributed by atoms with Crippen LogP contribution in [0.4, 0.5) is 5.13 Å². The van der Waals surface area contributed by atoms with Crippen LogP contribution in [-0.4, -0.2) is 18.6 Å². The van der Waals surface area contributed by atoms with E-state index in [0.717, 1.165) is 21.3 Å². The van der Waals surface area contributed by atoms with Crippen molar-refractivity contribution < 1.29 is 4.74 Å². The number of aromatic nitrogens is 1. The van der Waals surface area contributed by atoms with Gasteiger partial charge in [0.05, 0.1) is 11.5 Å². The van der Waals surface area contributed by atoms with Crippen LogP contribution in [0.25, 0.3) is 10.4 Å². The molecule has 4 heteroatoms. The smallest absolute Gasteiger partial charge is 0.182 e. The molecule has 0 fully saturated rings. The number of hydrogen-bond acceptors (Lipinski definition) is 4. The van der Waals surface area contributed by atoms with E-state index in [0.29, 0.717) is 6.61 Å². The zero-order valence-corrected chi connectivity index (χ0v) is 10.2. The largest absolute Gasteiger partial charge is 0.493 e. The van der Waals surface area contributed by atoms with Gasteiger partial charge in [-0.2, -0.15) is 0 Å². The summed E-state index contributed by atoms with van der Waals surface area (Å²) in [6.07, 6.45) is 1.87. The molecule has 1 aromatic heterocycles. The lowest BCUT2D eigenvalue weighted by atomic mass is 10.2. The fraction of sp³-hybridized carbons (Fsp3) is 0.250. The number of benzene rings is 1. The van der Waals surface area contributed by atoms with Crippen molar-refractivity contribution in [2.75, 3.05) is 19.0 Å². The maximum absolute atomic E-state index is 5.59. The number of para-hydroxylation sites is 1. The zero-order chi connectivity index (χ0) is 11.4. The third-order valence-electron chi connectivity index (χ3n) is 2.17. The van der Waals surface area contributed by atoms with Gasteiger partial charge in [0.15, 0.2) is 5.13 Å². The molecule has 1 aromatic carbocycles. The Morgan fingerprint density at radius 2 is 2.19 bits per heavy atom. The van der Waals surface area contributed by atoms with Crippen molar-refractivity contribution in [1.82, 2.24) is 4.98 Å². The van der Waals surface area contributed by atoms with E-state index >= 15 is 0 Å². The summed E-state index contributed by atoms with van der Waals surface area (Å²) < 4.78 is 5.59. The molecular weight excluding hydrogens is 220 g/mol. The molecule has 0 aliphatic rings. The minimum Gasteiger partial charge on any atom is -0.493 e. The van der Waals surface area contributed by atoms with Gasteiger partial charge in [0.2, 0.25) is 0 Å². The van der Waals surface area contributed by atoms with Crippen molar-refractivity contribution in [3.05, 3.63) is 30.5 Å². The molecule has 0 aliphatic carbocycles. The summed E-state index contributed by atoms with van der Waals surface area (Å²) in [4.78, 5) is 5.38. The fourth-order valence-corrected chi connectivity index (χ4v) is 2.27. The van der Waals surface area contributed by atoms with Crippen LogP contribution in [0, 0.1) is 0 Å². The van der Waals surface area contributed by atoms with Crippen molar-refractivity contribution in [1.29, 1.82) is 0 Å². The minimum atomic E-state index is 0.675. The Balaban J connectivity index is 2.38. The van der Waals surface area contributed by atoms with E-state index in [1.165, 1.54) is 0 Å². The SMILES string of the molecule is CCOc1ccccc1-c1cnc(NC)s1. The molecule has 0 unspecified atom stereocenters. The van der Waals surface area contributed by atoms with Crippen LogP contribution in [-0.2, 0) is 0 Å². The summed E-state index contributed by atoms with van der Waals surface area (Å²) in [7, 11) is 1.87. The first kappa shape index (κ1) is 11.0.